The number of carbonyl (C=O) groups is 2. The Bertz CT molecular complexity index is 1400. The number of para-hydroxylation sites is 1. The van der Waals surface area contributed by atoms with E-state index in [1.165, 1.54) is 6.07 Å². The summed E-state index contributed by atoms with van der Waals surface area (Å²) in [5, 5.41) is 12.9. The number of imide groups is 1. The van der Waals surface area contributed by atoms with Crippen molar-refractivity contribution in [3.05, 3.63) is 71.5 Å². The van der Waals surface area contributed by atoms with Crippen LogP contribution in [0.25, 0.3) is 32.9 Å². The Morgan fingerprint density at radius 3 is 2.45 bits per heavy atom. The lowest BCUT2D eigenvalue weighted by Gasteiger charge is -2.11. The molecule has 5 rings (SSSR count). The van der Waals surface area contributed by atoms with E-state index in [1.54, 1.807) is 24.3 Å². The quantitative estimate of drug-likeness (QED) is 0.533. The van der Waals surface area contributed by atoms with Gasteiger partial charge in [-0.3, -0.25) is 14.9 Å². The van der Waals surface area contributed by atoms with E-state index in [2.05, 4.69) is 11.4 Å². The zero-order chi connectivity index (χ0) is 20.1. The number of halogens is 1. The van der Waals surface area contributed by atoms with Crippen LogP contribution >= 0.6 is 0 Å². The van der Waals surface area contributed by atoms with Crippen molar-refractivity contribution in [2.24, 2.45) is 0 Å². The van der Waals surface area contributed by atoms with E-state index in [0.29, 0.717) is 23.0 Å². The molecule has 4 aromatic rings. The van der Waals surface area contributed by atoms with Gasteiger partial charge < -0.3 is 4.57 Å². The Morgan fingerprint density at radius 2 is 1.66 bits per heavy atom. The number of aromatic nitrogens is 1. The first-order chi connectivity index (χ1) is 14.1. The summed E-state index contributed by atoms with van der Waals surface area (Å²) in [5.41, 5.74) is 2.64. The molecule has 2 heterocycles. The molecule has 1 N–H and O–H groups in total. The largest absolute Gasteiger partial charge is 0.339 e. The first-order valence-electron chi connectivity index (χ1n) is 9.17. The third-order valence-corrected chi connectivity index (χ3v) is 5.35. The second-order valence-corrected chi connectivity index (χ2v) is 6.91. The summed E-state index contributed by atoms with van der Waals surface area (Å²) in [6.45, 7) is 0.422. The number of aryl methyl sites for hydroxylation is 1. The van der Waals surface area contributed by atoms with Crippen molar-refractivity contribution in [3.63, 3.8) is 0 Å². The van der Waals surface area contributed by atoms with Gasteiger partial charge in [0.05, 0.1) is 29.1 Å². The van der Waals surface area contributed by atoms with Crippen molar-refractivity contribution in [2.45, 2.75) is 13.0 Å². The van der Waals surface area contributed by atoms with Crippen molar-refractivity contribution >= 4 is 33.6 Å². The molecule has 0 fully saturated rings. The van der Waals surface area contributed by atoms with E-state index in [4.69, 9.17) is 5.26 Å². The summed E-state index contributed by atoms with van der Waals surface area (Å²) in [4.78, 5) is 25.4. The van der Waals surface area contributed by atoms with Gasteiger partial charge >= 0.3 is 0 Å². The van der Waals surface area contributed by atoms with Crippen LogP contribution in [0.15, 0.2) is 54.6 Å². The minimum atomic E-state index is -0.529. The molecule has 0 saturated carbocycles. The van der Waals surface area contributed by atoms with Crippen LogP contribution in [-0.4, -0.2) is 16.4 Å². The molecule has 1 aliphatic heterocycles. The fourth-order valence-corrected chi connectivity index (χ4v) is 4.19. The van der Waals surface area contributed by atoms with Crippen LogP contribution in [0.2, 0.25) is 0 Å². The Morgan fingerprint density at radius 1 is 0.931 bits per heavy atom. The molecule has 6 heteroatoms. The van der Waals surface area contributed by atoms with Gasteiger partial charge in [-0.2, -0.15) is 5.26 Å². The van der Waals surface area contributed by atoms with Gasteiger partial charge in [-0.05, 0) is 18.2 Å². The first kappa shape index (κ1) is 17.1. The molecule has 0 atom stereocenters. The molecule has 5 nitrogen and oxygen atoms in total. The van der Waals surface area contributed by atoms with Crippen LogP contribution in [0.4, 0.5) is 4.39 Å². The molecule has 29 heavy (non-hydrogen) atoms. The highest BCUT2D eigenvalue weighted by molar-refractivity contribution is 6.32. The number of nitrogens with one attached hydrogen (secondary N) is 1. The van der Waals surface area contributed by atoms with Gasteiger partial charge in [0.1, 0.15) is 5.82 Å². The van der Waals surface area contributed by atoms with Gasteiger partial charge in [-0.1, -0.05) is 36.4 Å². The maximum Gasteiger partial charge on any atom is 0.259 e. The summed E-state index contributed by atoms with van der Waals surface area (Å²) >= 11 is 0. The number of rotatable bonds is 3. The van der Waals surface area contributed by atoms with Gasteiger partial charge in [-0.25, -0.2) is 4.39 Å². The molecule has 3 aromatic carbocycles. The second kappa shape index (κ2) is 6.28. The molecule has 140 valence electrons. The number of hydrogen-bond donors (Lipinski definition) is 1. The van der Waals surface area contributed by atoms with E-state index >= 15 is 0 Å². The third-order valence-electron chi connectivity index (χ3n) is 5.35. The van der Waals surface area contributed by atoms with E-state index < -0.39 is 17.6 Å². The van der Waals surface area contributed by atoms with Crippen molar-refractivity contribution in [2.75, 3.05) is 0 Å². The van der Waals surface area contributed by atoms with Gasteiger partial charge in [0.25, 0.3) is 11.8 Å². The van der Waals surface area contributed by atoms with Crippen LogP contribution < -0.4 is 5.32 Å². The summed E-state index contributed by atoms with van der Waals surface area (Å²) in [6, 6.07) is 17.6. The number of nitrogens with zero attached hydrogens (tertiary/aromatic N) is 2. The number of benzene rings is 3. The standard InChI is InChI=1S/C23H14FN3O2/c24-16-8-3-1-6-13(16)15-12-18-19(21-20(15)22(28)26-23(21)29)14-7-2-4-9-17(14)27(18)11-5-10-25/h1-4,6-9,12H,5,11H2,(H,26,28,29). The highest BCUT2D eigenvalue weighted by atomic mass is 19.1. The molecule has 1 aromatic heterocycles. The zero-order valence-corrected chi connectivity index (χ0v) is 15.2. The maximum absolute atomic E-state index is 14.6. The Balaban J connectivity index is 1.99. The molecular formula is C23H14FN3O2. The van der Waals surface area contributed by atoms with Crippen molar-refractivity contribution < 1.29 is 14.0 Å². The fourth-order valence-electron chi connectivity index (χ4n) is 4.19. The summed E-state index contributed by atoms with van der Waals surface area (Å²) in [7, 11) is 0. The predicted molar refractivity (Wildman–Crippen MR) is 107 cm³/mol. The lowest BCUT2D eigenvalue weighted by atomic mass is 9.92. The number of fused-ring (bicyclic) bond motifs is 5. The second-order valence-electron chi connectivity index (χ2n) is 6.91. The average molecular weight is 383 g/mol. The van der Waals surface area contributed by atoms with Gasteiger partial charge in [0.15, 0.2) is 0 Å². The molecule has 0 unspecified atom stereocenters. The Kier molecular flexibility index (Phi) is 3.71. The van der Waals surface area contributed by atoms with Crippen LogP contribution in [0.3, 0.4) is 0 Å². The molecule has 0 bridgehead atoms. The molecule has 1 aliphatic rings. The van der Waals surface area contributed by atoms with E-state index in [1.807, 2.05) is 28.8 Å². The van der Waals surface area contributed by atoms with Gasteiger partial charge in [0, 0.05) is 34.0 Å². The average Bonchev–Trinajstić information content (AvgIpc) is 3.20. The topological polar surface area (TPSA) is 74.9 Å². The van der Waals surface area contributed by atoms with E-state index in [9.17, 15) is 14.0 Å². The molecule has 0 saturated heterocycles. The minimum Gasteiger partial charge on any atom is -0.339 e. The summed E-state index contributed by atoms with van der Waals surface area (Å²) in [6.07, 6.45) is 0.283. The van der Waals surface area contributed by atoms with Crippen LogP contribution in [-0.2, 0) is 6.54 Å². The van der Waals surface area contributed by atoms with Crippen molar-refractivity contribution in [3.8, 4) is 17.2 Å². The zero-order valence-electron chi connectivity index (χ0n) is 15.2. The number of nitriles is 1. The fraction of sp³-hybridized carbons (Fsp3) is 0.0870. The molecule has 0 radical (unpaired) electrons. The molecule has 0 aliphatic carbocycles. The Hall–Kier alpha value is -3.98. The molecule has 2 amide bonds. The Labute approximate surface area is 165 Å². The van der Waals surface area contributed by atoms with Crippen LogP contribution in [0.5, 0.6) is 0 Å². The molecular weight excluding hydrogens is 369 g/mol. The summed E-state index contributed by atoms with van der Waals surface area (Å²) < 4.78 is 16.6. The smallest absolute Gasteiger partial charge is 0.259 e. The number of amides is 2. The van der Waals surface area contributed by atoms with Crippen LogP contribution in [0, 0.1) is 17.1 Å². The van der Waals surface area contributed by atoms with Crippen LogP contribution in [0.1, 0.15) is 27.1 Å². The van der Waals surface area contributed by atoms with Crippen molar-refractivity contribution in [1.29, 1.82) is 5.26 Å². The first-order valence-corrected chi connectivity index (χ1v) is 9.17. The normalized spacial score (nSPS) is 13.0. The highest BCUT2D eigenvalue weighted by Crippen LogP contribution is 2.40. The lowest BCUT2D eigenvalue weighted by molar-refractivity contribution is 0.0880. The lowest BCUT2D eigenvalue weighted by Crippen LogP contribution is -2.20. The number of carbonyl (C=O) groups excluding carboxylic acids is 2. The third kappa shape index (κ3) is 2.38. The monoisotopic (exact) mass is 383 g/mol. The predicted octanol–water partition coefficient (Wildman–Crippen LogP) is 4.40. The molecule has 0 spiro atoms. The van der Waals surface area contributed by atoms with Crippen molar-refractivity contribution in [1.82, 2.24) is 9.88 Å². The van der Waals surface area contributed by atoms with E-state index in [0.717, 1.165) is 10.9 Å². The number of hydrogen-bond acceptors (Lipinski definition) is 3. The minimum absolute atomic E-state index is 0.191. The van der Waals surface area contributed by atoms with Gasteiger partial charge in [-0.15, -0.1) is 0 Å². The SMILES string of the molecule is N#CCCn1c2ccccc2c2c3c(c(-c4ccccc4F)cc21)C(=O)NC3=O. The maximum atomic E-state index is 14.6. The highest BCUT2D eigenvalue weighted by Gasteiger charge is 2.34. The summed E-state index contributed by atoms with van der Waals surface area (Å²) in [5.74, 6) is -1.49. The van der Waals surface area contributed by atoms with E-state index in [-0.39, 0.29) is 23.1 Å². The van der Waals surface area contributed by atoms with Gasteiger partial charge in [0.2, 0.25) is 0 Å².